The Morgan fingerprint density at radius 2 is 2.00 bits per heavy atom. The smallest absolute Gasteiger partial charge is 0.182 e. The standard InChI is InChI=1S/C9H11NO2/c1-10(12)7-9(11)8-5-3-2-4-6-8/h2-6,9,11H,1,7H2. The second-order valence-corrected chi connectivity index (χ2v) is 2.59. The lowest BCUT2D eigenvalue weighted by atomic mass is 10.1. The van der Waals surface area contributed by atoms with E-state index in [4.69, 9.17) is 0 Å². The van der Waals surface area contributed by atoms with Gasteiger partial charge in [-0.25, -0.2) is 4.74 Å². The van der Waals surface area contributed by atoms with Gasteiger partial charge in [-0.1, -0.05) is 30.3 Å². The summed E-state index contributed by atoms with van der Waals surface area (Å²) in [5, 5.41) is 19.9. The Bertz CT molecular complexity index is 258. The van der Waals surface area contributed by atoms with Crippen molar-refractivity contribution >= 4 is 6.72 Å². The molecule has 0 bridgehead atoms. The molecule has 0 amide bonds. The predicted molar refractivity (Wildman–Crippen MR) is 47.0 cm³/mol. The van der Waals surface area contributed by atoms with Crippen molar-refractivity contribution in [3.8, 4) is 0 Å². The lowest BCUT2D eigenvalue weighted by Gasteiger charge is -2.09. The maximum absolute atomic E-state index is 10.5. The quantitative estimate of drug-likeness (QED) is 0.313. The lowest BCUT2D eigenvalue weighted by molar-refractivity contribution is -0.461. The van der Waals surface area contributed by atoms with Gasteiger partial charge in [0, 0.05) is 0 Å². The maximum atomic E-state index is 10.5. The van der Waals surface area contributed by atoms with Crippen LogP contribution in [0.15, 0.2) is 30.3 Å². The zero-order chi connectivity index (χ0) is 8.97. The molecule has 1 aromatic carbocycles. The van der Waals surface area contributed by atoms with Crippen molar-refractivity contribution in [3.63, 3.8) is 0 Å². The van der Waals surface area contributed by atoms with E-state index >= 15 is 0 Å². The summed E-state index contributed by atoms with van der Waals surface area (Å²) in [7, 11) is 0. The van der Waals surface area contributed by atoms with Gasteiger partial charge in [-0.15, -0.1) is 0 Å². The summed E-state index contributed by atoms with van der Waals surface area (Å²) >= 11 is 0. The van der Waals surface area contributed by atoms with Gasteiger partial charge in [0.05, 0.1) is 0 Å². The molecule has 1 atom stereocenters. The van der Waals surface area contributed by atoms with E-state index in [-0.39, 0.29) is 6.54 Å². The topological polar surface area (TPSA) is 46.3 Å². The summed E-state index contributed by atoms with van der Waals surface area (Å²) in [6.07, 6.45) is -0.749. The van der Waals surface area contributed by atoms with Gasteiger partial charge in [-0.3, -0.25) is 0 Å². The van der Waals surface area contributed by atoms with Crippen LogP contribution in [-0.4, -0.2) is 23.1 Å². The molecular weight excluding hydrogens is 154 g/mol. The molecule has 64 valence electrons. The van der Waals surface area contributed by atoms with Crippen LogP contribution in [0.3, 0.4) is 0 Å². The first-order valence-electron chi connectivity index (χ1n) is 3.68. The average molecular weight is 165 g/mol. The van der Waals surface area contributed by atoms with E-state index in [0.717, 1.165) is 5.56 Å². The number of aliphatic hydroxyl groups is 1. The molecule has 0 saturated carbocycles. The predicted octanol–water partition coefficient (Wildman–Crippen LogP) is 0.931. The van der Waals surface area contributed by atoms with Gasteiger partial charge >= 0.3 is 0 Å². The summed E-state index contributed by atoms with van der Waals surface area (Å²) in [6, 6.07) is 9.03. The monoisotopic (exact) mass is 165 g/mol. The van der Waals surface area contributed by atoms with Crippen molar-refractivity contribution in [3.05, 3.63) is 41.1 Å². The fraction of sp³-hybridized carbons (Fsp3) is 0.222. The average Bonchev–Trinajstić information content (AvgIpc) is 2.05. The van der Waals surface area contributed by atoms with Crippen LogP contribution in [0.1, 0.15) is 11.7 Å². The highest BCUT2D eigenvalue weighted by molar-refractivity contribution is 5.18. The van der Waals surface area contributed by atoms with Crippen LogP contribution < -0.4 is 0 Å². The Labute approximate surface area is 71.2 Å². The Balaban J connectivity index is 2.65. The fourth-order valence-electron chi connectivity index (χ4n) is 0.973. The number of benzene rings is 1. The van der Waals surface area contributed by atoms with E-state index < -0.39 is 6.10 Å². The van der Waals surface area contributed by atoms with Gasteiger partial charge in [-0.2, -0.15) is 0 Å². The molecule has 1 unspecified atom stereocenters. The van der Waals surface area contributed by atoms with Gasteiger partial charge in [0.2, 0.25) is 0 Å². The Kier molecular flexibility index (Phi) is 2.82. The van der Waals surface area contributed by atoms with Crippen molar-refractivity contribution < 1.29 is 9.85 Å². The lowest BCUT2D eigenvalue weighted by Crippen LogP contribution is -2.12. The molecule has 1 aromatic rings. The summed E-state index contributed by atoms with van der Waals surface area (Å²) in [4.78, 5) is 0. The van der Waals surface area contributed by atoms with Crippen molar-refractivity contribution in [2.45, 2.75) is 6.10 Å². The van der Waals surface area contributed by atoms with Crippen LogP contribution in [0, 0.1) is 5.21 Å². The third kappa shape index (κ3) is 2.36. The van der Waals surface area contributed by atoms with E-state index in [2.05, 4.69) is 6.72 Å². The molecule has 0 saturated heterocycles. The molecule has 0 fully saturated rings. The molecule has 0 aromatic heterocycles. The number of rotatable bonds is 3. The van der Waals surface area contributed by atoms with Crippen LogP contribution in [0.25, 0.3) is 0 Å². The normalized spacial score (nSPS) is 12.4. The Morgan fingerprint density at radius 3 is 2.50 bits per heavy atom. The molecule has 0 radical (unpaired) electrons. The molecule has 3 nitrogen and oxygen atoms in total. The number of hydrogen-bond acceptors (Lipinski definition) is 2. The molecular formula is C9H11NO2. The van der Waals surface area contributed by atoms with E-state index in [1.807, 2.05) is 18.2 Å². The first kappa shape index (κ1) is 8.74. The number of aliphatic hydroxyl groups excluding tert-OH is 1. The minimum absolute atomic E-state index is 0.00398. The minimum atomic E-state index is -0.749. The highest BCUT2D eigenvalue weighted by Crippen LogP contribution is 2.11. The minimum Gasteiger partial charge on any atom is -0.624 e. The third-order valence-electron chi connectivity index (χ3n) is 1.56. The number of hydroxylamine groups is 1. The Morgan fingerprint density at radius 1 is 1.42 bits per heavy atom. The van der Waals surface area contributed by atoms with Gasteiger partial charge in [0.15, 0.2) is 6.54 Å². The van der Waals surface area contributed by atoms with E-state index in [1.165, 1.54) is 0 Å². The summed E-state index contributed by atoms with van der Waals surface area (Å²) < 4.78 is 0.470. The Hall–Kier alpha value is -1.35. The van der Waals surface area contributed by atoms with Crippen molar-refractivity contribution in [2.75, 3.05) is 6.54 Å². The first-order chi connectivity index (χ1) is 5.70. The second kappa shape index (κ2) is 3.88. The highest BCUT2D eigenvalue weighted by atomic mass is 16.5. The van der Waals surface area contributed by atoms with E-state index in [0.29, 0.717) is 4.74 Å². The summed E-state index contributed by atoms with van der Waals surface area (Å²) in [6.45, 7) is 3.13. The molecule has 1 rings (SSSR count). The molecule has 0 spiro atoms. The van der Waals surface area contributed by atoms with Crippen LogP contribution >= 0.6 is 0 Å². The number of hydrogen-bond donors (Lipinski definition) is 1. The molecule has 0 heterocycles. The second-order valence-electron chi connectivity index (χ2n) is 2.59. The SMILES string of the molecule is C=[N+]([O-])CC(O)c1ccccc1. The van der Waals surface area contributed by atoms with E-state index in [9.17, 15) is 10.3 Å². The maximum Gasteiger partial charge on any atom is 0.182 e. The van der Waals surface area contributed by atoms with Gasteiger partial charge in [-0.05, 0) is 5.56 Å². The van der Waals surface area contributed by atoms with Crippen molar-refractivity contribution in [1.29, 1.82) is 0 Å². The molecule has 0 aliphatic rings. The van der Waals surface area contributed by atoms with Crippen LogP contribution in [-0.2, 0) is 0 Å². The zero-order valence-corrected chi connectivity index (χ0v) is 6.68. The van der Waals surface area contributed by atoms with Gasteiger partial charge in [0.1, 0.15) is 12.8 Å². The summed E-state index contributed by atoms with van der Waals surface area (Å²) in [5.41, 5.74) is 0.738. The first-order valence-corrected chi connectivity index (χ1v) is 3.68. The summed E-state index contributed by atoms with van der Waals surface area (Å²) in [5.74, 6) is 0. The van der Waals surface area contributed by atoms with Crippen molar-refractivity contribution in [1.82, 2.24) is 0 Å². The van der Waals surface area contributed by atoms with E-state index in [1.54, 1.807) is 12.1 Å². The molecule has 0 aliphatic heterocycles. The van der Waals surface area contributed by atoms with Crippen LogP contribution in [0.2, 0.25) is 0 Å². The van der Waals surface area contributed by atoms with Crippen LogP contribution in [0.4, 0.5) is 0 Å². The highest BCUT2D eigenvalue weighted by Gasteiger charge is 2.09. The van der Waals surface area contributed by atoms with Gasteiger partial charge in [0.25, 0.3) is 0 Å². The van der Waals surface area contributed by atoms with Crippen LogP contribution in [0.5, 0.6) is 0 Å². The number of nitrogens with zero attached hydrogens (tertiary/aromatic N) is 1. The fourth-order valence-corrected chi connectivity index (χ4v) is 0.973. The molecule has 1 N–H and O–H groups in total. The largest absolute Gasteiger partial charge is 0.624 e. The van der Waals surface area contributed by atoms with Crippen molar-refractivity contribution in [2.24, 2.45) is 0 Å². The molecule has 12 heavy (non-hydrogen) atoms. The molecule has 3 heteroatoms. The van der Waals surface area contributed by atoms with Gasteiger partial charge < -0.3 is 10.3 Å². The zero-order valence-electron chi connectivity index (χ0n) is 6.68. The third-order valence-corrected chi connectivity index (χ3v) is 1.56. The molecule has 0 aliphatic carbocycles.